The number of rotatable bonds is 5. The predicted octanol–water partition coefficient (Wildman–Crippen LogP) is 3.11. The quantitative estimate of drug-likeness (QED) is 0.878. The number of hydrogen-bond acceptors (Lipinski definition) is 3. The largest absolute Gasteiger partial charge is 0.345 e. The summed E-state index contributed by atoms with van der Waals surface area (Å²) in [6.07, 6.45) is 12.5. The van der Waals surface area contributed by atoms with E-state index in [0.717, 1.165) is 13.0 Å². The van der Waals surface area contributed by atoms with Crippen LogP contribution >= 0.6 is 0 Å². The van der Waals surface area contributed by atoms with E-state index < -0.39 is 0 Å². The van der Waals surface area contributed by atoms with Gasteiger partial charge in [0.2, 0.25) is 0 Å². The lowest BCUT2D eigenvalue weighted by Gasteiger charge is -2.37. The Morgan fingerprint density at radius 3 is 2.86 bits per heavy atom. The molecule has 124 valence electrons. The Hall–Kier alpha value is -0.870. The summed E-state index contributed by atoms with van der Waals surface area (Å²) in [5, 5.41) is 3.52. The molecule has 4 heteroatoms. The maximum absolute atomic E-state index is 4.54. The molecule has 0 aliphatic carbocycles. The third kappa shape index (κ3) is 4.11. The average molecular weight is 304 g/mol. The molecule has 1 spiro atoms. The van der Waals surface area contributed by atoms with Crippen molar-refractivity contribution in [2.45, 2.75) is 64.8 Å². The van der Waals surface area contributed by atoms with Crippen molar-refractivity contribution in [2.75, 3.05) is 26.2 Å². The molecule has 2 saturated heterocycles. The molecule has 0 bridgehead atoms. The predicted molar refractivity (Wildman–Crippen MR) is 90.9 cm³/mol. The summed E-state index contributed by atoms with van der Waals surface area (Å²) < 4.78 is 0. The Bertz CT molecular complexity index is 448. The fraction of sp³-hybridized carbons (Fsp3) is 0.833. The second-order valence-electron chi connectivity index (χ2n) is 7.34. The molecule has 2 N–H and O–H groups in total. The minimum absolute atomic E-state index is 0.639. The van der Waals surface area contributed by atoms with Gasteiger partial charge in [-0.05, 0) is 70.1 Å². The summed E-state index contributed by atoms with van der Waals surface area (Å²) in [4.78, 5) is 10.7. The molecule has 2 aliphatic rings. The van der Waals surface area contributed by atoms with E-state index in [4.69, 9.17) is 0 Å². The number of hydrogen-bond donors (Lipinski definition) is 2. The Morgan fingerprint density at radius 1 is 1.18 bits per heavy atom. The second kappa shape index (κ2) is 7.60. The van der Waals surface area contributed by atoms with Crippen molar-refractivity contribution >= 4 is 0 Å². The lowest BCUT2D eigenvalue weighted by atomic mass is 9.73. The van der Waals surface area contributed by atoms with Crippen molar-refractivity contribution in [2.24, 2.45) is 5.41 Å². The van der Waals surface area contributed by atoms with Crippen molar-refractivity contribution in [3.63, 3.8) is 0 Å². The molecule has 0 unspecified atom stereocenters. The molecule has 1 aromatic heterocycles. The van der Waals surface area contributed by atoms with E-state index >= 15 is 0 Å². The van der Waals surface area contributed by atoms with Crippen LogP contribution in [0.3, 0.4) is 0 Å². The number of H-pyrrole nitrogens is 1. The molecule has 0 atom stereocenters. The number of aromatic nitrogens is 2. The Labute approximate surface area is 135 Å². The van der Waals surface area contributed by atoms with Crippen molar-refractivity contribution < 1.29 is 0 Å². The van der Waals surface area contributed by atoms with Gasteiger partial charge in [0.1, 0.15) is 5.82 Å². The van der Waals surface area contributed by atoms with E-state index in [9.17, 15) is 0 Å². The Morgan fingerprint density at radius 2 is 2.05 bits per heavy atom. The summed E-state index contributed by atoms with van der Waals surface area (Å²) >= 11 is 0. The van der Waals surface area contributed by atoms with E-state index in [1.807, 2.05) is 0 Å². The highest BCUT2D eigenvalue weighted by atomic mass is 15.1. The first-order valence-electron chi connectivity index (χ1n) is 9.25. The van der Waals surface area contributed by atoms with Crippen LogP contribution in [-0.2, 0) is 13.0 Å². The van der Waals surface area contributed by atoms with Gasteiger partial charge in [-0.1, -0.05) is 13.3 Å². The third-order valence-electron chi connectivity index (χ3n) is 5.65. The summed E-state index contributed by atoms with van der Waals surface area (Å²) in [6, 6.07) is 0. The normalized spacial score (nSPS) is 22.8. The lowest BCUT2D eigenvalue weighted by Crippen LogP contribution is -2.37. The first kappa shape index (κ1) is 16.0. The summed E-state index contributed by atoms with van der Waals surface area (Å²) in [7, 11) is 0. The van der Waals surface area contributed by atoms with Crippen molar-refractivity contribution in [3.05, 3.63) is 17.7 Å². The second-order valence-corrected chi connectivity index (χ2v) is 7.34. The number of imidazole rings is 1. The average Bonchev–Trinajstić information content (AvgIpc) is 2.90. The SMILES string of the molecule is CCCCc1ncc(CN2CCCC3(CCNCC3)CC2)[nH]1. The number of likely N-dealkylation sites (tertiary alicyclic amines) is 1. The summed E-state index contributed by atoms with van der Waals surface area (Å²) in [6.45, 7) is 8.23. The molecule has 4 nitrogen and oxygen atoms in total. The topological polar surface area (TPSA) is 44.0 Å². The van der Waals surface area contributed by atoms with Crippen LogP contribution in [0.25, 0.3) is 0 Å². The number of unbranched alkanes of at least 4 members (excludes halogenated alkanes) is 1. The van der Waals surface area contributed by atoms with Gasteiger partial charge < -0.3 is 10.3 Å². The van der Waals surface area contributed by atoms with Crippen molar-refractivity contribution in [3.8, 4) is 0 Å². The van der Waals surface area contributed by atoms with Crippen LogP contribution in [0.4, 0.5) is 0 Å². The highest BCUT2D eigenvalue weighted by Crippen LogP contribution is 2.39. The minimum Gasteiger partial charge on any atom is -0.345 e. The third-order valence-corrected chi connectivity index (χ3v) is 5.65. The number of nitrogens with one attached hydrogen (secondary N) is 2. The molecule has 3 rings (SSSR count). The number of piperidine rings is 1. The molecule has 3 heterocycles. The number of aryl methyl sites for hydroxylation is 1. The molecule has 0 amide bonds. The van der Waals surface area contributed by atoms with Gasteiger partial charge in [-0.15, -0.1) is 0 Å². The lowest BCUT2D eigenvalue weighted by molar-refractivity contribution is 0.167. The highest BCUT2D eigenvalue weighted by Gasteiger charge is 2.33. The van der Waals surface area contributed by atoms with Crippen LogP contribution < -0.4 is 5.32 Å². The summed E-state index contributed by atoms with van der Waals surface area (Å²) in [5.41, 5.74) is 1.94. The number of nitrogens with zero attached hydrogens (tertiary/aromatic N) is 2. The van der Waals surface area contributed by atoms with Gasteiger partial charge in [-0.3, -0.25) is 4.90 Å². The minimum atomic E-state index is 0.639. The zero-order chi connectivity index (χ0) is 15.3. The van der Waals surface area contributed by atoms with Crippen LogP contribution in [0.1, 0.15) is 63.4 Å². The summed E-state index contributed by atoms with van der Waals surface area (Å²) in [5.74, 6) is 1.17. The molecule has 1 aromatic rings. The number of aromatic amines is 1. The van der Waals surface area contributed by atoms with E-state index in [2.05, 4.69) is 33.3 Å². The molecular weight excluding hydrogens is 272 g/mol. The fourth-order valence-electron chi connectivity index (χ4n) is 4.12. The molecule has 2 aliphatic heterocycles. The van der Waals surface area contributed by atoms with Gasteiger partial charge in [0.05, 0.1) is 0 Å². The molecule has 22 heavy (non-hydrogen) atoms. The van der Waals surface area contributed by atoms with E-state index in [1.54, 1.807) is 0 Å². The van der Waals surface area contributed by atoms with Gasteiger partial charge >= 0.3 is 0 Å². The van der Waals surface area contributed by atoms with Crippen LogP contribution in [-0.4, -0.2) is 41.0 Å². The Balaban J connectivity index is 1.51. The van der Waals surface area contributed by atoms with Crippen molar-refractivity contribution in [1.82, 2.24) is 20.2 Å². The molecule has 0 saturated carbocycles. The van der Waals surface area contributed by atoms with Gasteiger partial charge in [0.15, 0.2) is 0 Å². The van der Waals surface area contributed by atoms with Gasteiger partial charge in [-0.2, -0.15) is 0 Å². The maximum atomic E-state index is 4.54. The zero-order valence-corrected chi connectivity index (χ0v) is 14.2. The molecule has 2 fully saturated rings. The van der Waals surface area contributed by atoms with E-state index in [0.29, 0.717) is 5.41 Å². The smallest absolute Gasteiger partial charge is 0.106 e. The van der Waals surface area contributed by atoms with Crippen LogP contribution in [0.2, 0.25) is 0 Å². The standard InChI is InChI=1S/C18H32N4/c1-2-3-5-17-20-14-16(21-17)15-22-12-4-6-18(9-13-22)7-10-19-11-8-18/h14,19H,2-13,15H2,1H3,(H,20,21). The first-order chi connectivity index (χ1) is 10.8. The van der Waals surface area contributed by atoms with Crippen LogP contribution in [0, 0.1) is 5.41 Å². The highest BCUT2D eigenvalue weighted by molar-refractivity contribution is 5.02. The molecular formula is C18H32N4. The van der Waals surface area contributed by atoms with Crippen molar-refractivity contribution in [1.29, 1.82) is 0 Å². The van der Waals surface area contributed by atoms with Crippen LogP contribution in [0.5, 0.6) is 0 Å². The van der Waals surface area contributed by atoms with E-state index in [1.165, 1.54) is 82.6 Å². The first-order valence-corrected chi connectivity index (χ1v) is 9.25. The van der Waals surface area contributed by atoms with Crippen LogP contribution in [0.15, 0.2) is 6.20 Å². The molecule has 0 aromatic carbocycles. The van der Waals surface area contributed by atoms with E-state index in [-0.39, 0.29) is 0 Å². The zero-order valence-electron chi connectivity index (χ0n) is 14.2. The maximum Gasteiger partial charge on any atom is 0.106 e. The Kier molecular flexibility index (Phi) is 5.53. The van der Waals surface area contributed by atoms with Gasteiger partial charge in [0, 0.05) is 24.9 Å². The monoisotopic (exact) mass is 304 g/mol. The van der Waals surface area contributed by atoms with Gasteiger partial charge in [0.25, 0.3) is 0 Å². The van der Waals surface area contributed by atoms with Gasteiger partial charge in [-0.25, -0.2) is 4.98 Å². The molecule has 0 radical (unpaired) electrons. The fourth-order valence-corrected chi connectivity index (χ4v) is 4.12.